The SMILES string of the molecule is CC/C=C\C/C=C\C/C=C\C/C=C\C/C=C\C/C=C\CCCCCCCCCCC(=O)NC(COC1OC(CO)C(OC2OC(CO)C(OC3OC(CO)C(O)C(O)C3O)C(O)C2O)C(O)C1O)C(O)/C=C/CC/C=C/CC/C=C/CCCCCCCCCCCCCCCCCCCCCCCCC. The Morgan fingerprint density at radius 1 is 0.352 bits per heavy atom. The standard InChI is InChI=1S/C86H149NO18/c1-3-5-7-9-11-13-15-17-19-21-23-25-27-29-31-32-33-34-35-36-38-39-41-43-45-47-49-51-53-55-57-59-61-63-70(91)69(87-74(92)64-62-60-58-56-54-52-50-48-46-44-42-40-37-30-28-26-24-22-20-18-16-14-12-10-8-6-4-2)68-100-84-80(98)77(95)82(72(66-89)102-84)105-86-81(99)78(96)83(73(67-90)103-86)104-85-79(97)76(94)75(93)71(65-88)101-85/h6,8,12,14,18,20,24,26,30,37,42,44-45,47,53,55,61,63,69-73,75-86,88-91,93-99H,3-5,7,9-11,13,15-17,19,21-23,25,27-29,31-36,38-41,43,46,48-52,54,56-60,62,64-68H2,1-2H3,(H,87,92)/b8-6-,14-12-,20-18-,26-24-,37-30-,44-42-,47-45+,55-53+,63-61+. The summed E-state index contributed by atoms with van der Waals surface area (Å²) in [5.41, 5.74) is 0. The van der Waals surface area contributed by atoms with Crippen LogP contribution in [0.2, 0.25) is 0 Å². The second-order valence-corrected chi connectivity index (χ2v) is 29.2. The lowest BCUT2D eigenvalue weighted by molar-refractivity contribution is -0.379. The minimum Gasteiger partial charge on any atom is -0.394 e. The number of aliphatic hydroxyl groups is 11. The molecule has 0 radical (unpaired) electrons. The summed E-state index contributed by atoms with van der Waals surface area (Å²) >= 11 is 0. The molecule has 17 unspecified atom stereocenters. The number of allylic oxidation sites excluding steroid dienone is 17. The van der Waals surface area contributed by atoms with Crippen molar-refractivity contribution in [3.05, 3.63) is 109 Å². The van der Waals surface area contributed by atoms with Gasteiger partial charge in [-0.05, 0) is 96.3 Å². The number of nitrogens with one attached hydrogen (secondary N) is 1. The number of carbonyl (C=O) groups excluding carboxylic acids is 1. The molecule has 0 aromatic carbocycles. The molecule has 1 amide bonds. The molecule has 3 aliphatic rings. The number of carbonyl (C=O) groups is 1. The Bertz CT molecular complexity index is 2320. The Kier molecular flexibility index (Phi) is 59.4. The first kappa shape index (κ1) is 95.7. The Morgan fingerprint density at radius 2 is 0.667 bits per heavy atom. The van der Waals surface area contributed by atoms with Gasteiger partial charge in [-0.1, -0.05) is 303 Å². The van der Waals surface area contributed by atoms with Crippen molar-refractivity contribution in [1.29, 1.82) is 0 Å². The molecule has 3 rings (SSSR count). The first-order chi connectivity index (χ1) is 51.3. The molecular weight excluding hydrogens is 1330 g/mol. The van der Waals surface area contributed by atoms with Crippen LogP contribution in [0.1, 0.15) is 296 Å². The highest BCUT2D eigenvalue weighted by molar-refractivity contribution is 5.76. The van der Waals surface area contributed by atoms with Gasteiger partial charge in [0.2, 0.25) is 5.91 Å². The van der Waals surface area contributed by atoms with Crippen molar-refractivity contribution >= 4 is 5.91 Å². The van der Waals surface area contributed by atoms with Crippen molar-refractivity contribution in [2.75, 3.05) is 26.4 Å². The lowest BCUT2D eigenvalue weighted by Gasteiger charge is -2.48. The lowest BCUT2D eigenvalue weighted by atomic mass is 9.96. The quantitative estimate of drug-likeness (QED) is 0.0199. The third kappa shape index (κ3) is 44.8. The average Bonchev–Trinajstić information content (AvgIpc) is 0.781. The molecule has 0 bridgehead atoms. The van der Waals surface area contributed by atoms with E-state index < -0.39 is 124 Å². The molecule has 0 aromatic rings. The summed E-state index contributed by atoms with van der Waals surface area (Å²) in [5, 5.41) is 121. The molecule has 12 N–H and O–H groups in total. The summed E-state index contributed by atoms with van der Waals surface area (Å²) in [6.45, 7) is 1.61. The fraction of sp³-hybridized carbons (Fsp3) is 0.779. The molecule has 19 heteroatoms. The number of hydrogen-bond donors (Lipinski definition) is 12. The topological polar surface area (TPSA) is 307 Å². The van der Waals surface area contributed by atoms with Crippen LogP contribution in [-0.4, -0.2) is 193 Å². The number of hydrogen-bond acceptors (Lipinski definition) is 18. The molecule has 3 fully saturated rings. The number of unbranched alkanes of at least 4 members (excludes halogenated alkanes) is 33. The lowest BCUT2D eigenvalue weighted by Crippen LogP contribution is -2.66. The van der Waals surface area contributed by atoms with Crippen LogP contribution in [0.5, 0.6) is 0 Å². The molecule has 105 heavy (non-hydrogen) atoms. The van der Waals surface area contributed by atoms with Crippen molar-refractivity contribution in [3.8, 4) is 0 Å². The largest absolute Gasteiger partial charge is 0.394 e. The molecule has 19 nitrogen and oxygen atoms in total. The molecule has 3 aliphatic heterocycles. The van der Waals surface area contributed by atoms with E-state index in [0.29, 0.717) is 12.8 Å². The van der Waals surface area contributed by atoms with E-state index >= 15 is 0 Å². The van der Waals surface area contributed by atoms with E-state index in [9.17, 15) is 61.0 Å². The van der Waals surface area contributed by atoms with Gasteiger partial charge in [0.15, 0.2) is 18.9 Å². The Hall–Kier alpha value is -3.55. The number of aliphatic hydroxyl groups excluding tert-OH is 11. The van der Waals surface area contributed by atoms with Crippen LogP contribution in [-0.2, 0) is 33.2 Å². The van der Waals surface area contributed by atoms with Crippen LogP contribution in [0.3, 0.4) is 0 Å². The maximum absolute atomic E-state index is 13.5. The fourth-order valence-corrected chi connectivity index (χ4v) is 13.4. The highest BCUT2D eigenvalue weighted by Gasteiger charge is 2.54. The van der Waals surface area contributed by atoms with Crippen LogP contribution < -0.4 is 5.32 Å². The molecule has 3 heterocycles. The smallest absolute Gasteiger partial charge is 0.220 e. The van der Waals surface area contributed by atoms with Crippen molar-refractivity contribution < 1.29 is 89.4 Å². The zero-order chi connectivity index (χ0) is 76.0. The van der Waals surface area contributed by atoms with Gasteiger partial charge < -0.3 is 89.9 Å². The van der Waals surface area contributed by atoms with Crippen LogP contribution in [0, 0.1) is 0 Å². The van der Waals surface area contributed by atoms with E-state index in [-0.39, 0.29) is 18.9 Å². The molecule has 0 spiro atoms. The van der Waals surface area contributed by atoms with Gasteiger partial charge in [-0.15, -0.1) is 0 Å². The second-order valence-electron chi connectivity index (χ2n) is 29.2. The number of ether oxygens (including phenoxy) is 6. The minimum atomic E-state index is -1.99. The van der Waals surface area contributed by atoms with Crippen molar-refractivity contribution in [3.63, 3.8) is 0 Å². The first-order valence-electron chi connectivity index (χ1n) is 41.6. The summed E-state index contributed by atoms with van der Waals surface area (Å²) in [5.74, 6) is -0.300. The Labute approximate surface area is 634 Å². The zero-order valence-electron chi connectivity index (χ0n) is 64.9. The predicted molar refractivity (Wildman–Crippen MR) is 420 cm³/mol. The number of rotatable bonds is 65. The van der Waals surface area contributed by atoms with Crippen molar-refractivity contribution in [1.82, 2.24) is 5.32 Å². The van der Waals surface area contributed by atoms with Gasteiger partial charge in [0, 0.05) is 6.42 Å². The average molecular weight is 1490 g/mol. The summed E-state index contributed by atoms with van der Waals surface area (Å²) in [6, 6.07) is -1.01. The fourth-order valence-electron chi connectivity index (χ4n) is 13.4. The van der Waals surface area contributed by atoms with Gasteiger partial charge in [0.1, 0.15) is 73.2 Å². The van der Waals surface area contributed by atoms with E-state index in [1.165, 1.54) is 154 Å². The van der Waals surface area contributed by atoms with Gasteiger partial charge >= 0.3 is 0 Å². The third-order valence-electron chi connectivity index (χ3n) is 20.0. The van der Waals surface area contributed by atoms with Crippen molar-refractivity contribution in [2.24, 2.45) is 0 Å². The summed E-state index contributed by atoms with van der Waals surface area (Å²) in [6.07, 6.45) is 63.7. The van der Waals surface area contributed by atoms with Gasteiger partial charge in [0.25, 0.3) is 0 Å². The van der Waals surface area contributed by atoms with E-state index in [2.05, 4.69) is 116 Å². The first-order valence-corrected chi connectivity index (χ1v) is 41.6. The summed E-state index contributed by atoms with van der Waals surface area (Å²) in [7, 11) is 0. The molecule has 0 aromatic heterocycles. The normalized spacial score (nSPS) is 26.4. The third-order valence-corrected chi connectivity index (χ3v) is 20.0. The number of amides is 1. The Morgan fingerprint density at radius 3 is 1.07 bits per heavy atom. The maximum Gasteiger partial charge on any atom is 0.220 e. The van der Waals surface area contributed by atoms with E-state index in [1.54, 1.807) is 6.08 Å². The van der Waals surface area contributed by atoms with Crippen molar-refractivity contribution in [2.45, 2.75) is 401 Å². The minimum absolute atomic E-state index is 0.215. The van der Waals surface area contributed by atoms with Crippen LogP contribution >= 0.6 is 0 Å². The zero-order valence-corrected chi connectivity index (χ0v) is 64.9. The van der Waals surface area contributed by atoms with Crippen LogP contribution in [0.4, 0.5) is 0 Å². The summed E-state index contributed by atoms with van der Waals surface area (Å²) < 4.78 is 34.4. The van der Waals surface area contributed by atoms with E-state index in [0.717, 1.165) is 109 Å². The molecule has 0 saturated carbocycles. The van der Waals surface area contributed by atoms with Gasteiger partial charge in [0.05, 0.1) is 38.6 Å². The monoisotopic (exact) mass is 1480 g/mol. The predicted octanol–water partition coefficient (Wildman–Crippen LogP) is 14.5. The van der Waals surface area contributed by atoms with Crippen LogP contribution in [0.15, 0.2) is 109 Å². The molecule has 0 aliphatic carbocycles. The molecular formula is C86H149NO18. The second kappa shape index (κ2) is 65.2. The molecule has 606 valence electrons. The maximum atomic E-state index is 13.5. The van der Waals surface area contributed by atoms with Gasteiger partial charge in [-0.3, -0.25) is 4.79 Å². The highest BCUT2D eigenvalue weighted by Crippen LogP contribution is 2.33. The van der Waals surface area contributed by atoms with Gasteiger partial charge in [-0.2, -0.15) is 0 Å². The molecule has 17 atom stereocenters. The van der Waals surface area contributed by atoms with Gasteiger partial charge in [-0.25, -0.2) is 0 Å². The Balaban J connectivity index is 1.39. The van der Waals surface area contributed by atoms with Crippen LogP contribution in [0.25, 0.3) is 0 Å². The van der Waals surface area contributed by atoms with E-state index in [4.69, 9.17) is 28.4 Å². The molecule has 3 saturated heterocycles. The highest BCUT2D eigenvalue weighted by atomic mass is 16.8. The van der Waals surface area contributed by atoms with E-state index in [1.807, 2.05) is 6.08 Å². The summed E-state index contributed by atoms with van der Waals surface area (Å²) in [4.78, 5) is 13.5.